The molecule has 0 spiro atoms. The molecule has 2 rings (SSSR count). The largest absolute Gasteiger partial charge is 0.339 e. The summed E-state index contributed by atoms with van der Waals surface area (Å²) in [5.74, 6) is -0.717. The summed E-state index contributed by atoms with van der Waals surface area (Å²) in [6.45, 7) is 3.92. The highest BCUT2D eigenvalue weighted by molar-refractivity contribution is 5.54. The number of hydrogen-bond acceptors (Lipinski definition) is 4. The van der Waals surface area contributed by atoms with Gasteiger partial charge in [0, 0.05) is 17.7 Å². The molecule has 1 aromatic carbocycles. The second-order valence-corrected chi connectivity index (χ2v) is 4.48. The smallest absolute Gasteiger partial charge is 0.231 e. The molecule has 102 valence electrons. The first-order chi connectivity index (χ1) is 9.01. The molecule has 0 aliphatic carbocycles. The Labute approximate surface area is 109 Å². The van der Waals surface area contributed by atoms with E-state index in [2.05, 4.69) is 15.5 Å². The number of nitrogens with one attached hydrogen (secondary N) is 1. The van der Waals surface area contributed by atoms with Gasteiger partial charge in [-0.15, -0.1) is 0 Å². The molecule has 1 aromatic heterocycles. The van der Waals surface area contributed by atoms with Crippen molar-refractivity contribution >= 4 is 0 Å². The van der Waals surface area contributed by atoms with Crippen molar-refractivity contribution in [3.63, 3.8) is 0 Å². The first kappa shape index (κ1) is 13.6. The number of benzene rings is 1. The Morgan fingerprint density at radius 3 is 2.37 bits per heavy atom. The number of halogens is 2. The minimum Gasteiger partial charge on any atom is -0.339 e. The van der Waals surface area contributed by atoms with Gasteiger partial charge in [0.05, 0.1) is 5.92 Å². The van der Waals surface area contributed by atoms with Crippen LogP contribution in [0, 0.1) is 11.6 Å². The molecule has 19 heavy (non-hydrogen) atoms. The lowest BCUT2D eigenvalue weighted by Gasteiger charge is -2.14. The first-order valence-electron chi connectivity index (χ1n) is 5.98. The number of likely N-dealkylation sites (N-methyl/N-ethyl adjacent to an activating group) is 1. The third kappa shape index (κ3) is 2.96. The summed E-state index contributed by atoms with van der Waals surface area (Å²) in [5.41, 5.74) is 0.261. The molecule has 0 radical (unpaired) electrons. The summed E-state index contributed by atoms with van der Waals surface area (Å²) in [6, 6.07) is 3.29. The molecule has 2 aromatic rings. The molecular weight excluding hydrogens is 252 g/mol. The van der Waals surface area contributed by atoms with Crippen LogP contribution in [0.1, 0.15) is 25.7 Å². The minimum atomic E-state index is -0.669. The molecule has 0 bridgehead atoms. The van der Waals surface area contributed by atoms with Gasteiger partial charge in [-0.1, -0.05) is 12.1 Å². The Morgan fingerprint density at radius 2 is 1.79 bits per heavy atom. The van der Waals surface area contributed by atoms with Gasteiger partial charge in [-0.25, -0.2) is 8.78 Å². The van der Waals surface area contributed by atoms with Crippen LogP contribution in [0.25, 0.3) is 11.4 Å². The lowest BCUT2D eigenvalue weighted by atomic mass is 10.0. The topological polar surface area (TPSA) is 51.0 Å². The van der Waals surface area contributed by atoms with E-state index < -0.39 is 11.6 Å². The molecule has 6 heteroatoms. The van der Waals surface area contributed by atoms with Crippen molar-refractivity contribution < 1.29 is 13.3 Å². The summed E-state index contributed by atoms with van der Waals surface area (Å²) in [5, 5.41) is 6.84. The zero-order valence-electron chi connectivity index (χ0n) is 10.9. The highest BCUT2D eigenvalue weighted by atomic mass is 19.1. The maximum absolute atomic E-state index is 13.1. The fraction of sp³-hybridized carbons (Fsp3) is 0.385. The lowest BCUT2D eigenvalue weighted by molar-refractivity contribution is 0.336. The van der Waals surface area contributed by atoms with Crippen LogP contribution in [-0.4, -0.2) is 23.2 Å². The van der Waals surface area contributed by atoms with Gasteiger partial charge in [0.1, 0.15) is 11.6 Å². The fourth-order valence-corrected chi connectivity index (χ4v) is 1.68. The number of aromatic nitrogens is 2. The van der Waals surface area contributed by atoms with Gasteiger partial charge in [-0.05, 0) is 26.1 Å². The Balaban J connectivity index is 2.30. The minimum absolute atomic E-state index is 0.00431. The van der Waals surface area contributed by atoms with E-state index in [1.165, 1.54) is 12.1 Å². The van der Waals surface area contributed by atoms with Gasteiger partial charge in [0.2, 0.25) is 11.7 Å². The molecule has 0 aliphatic heterocycles. The maximum Gasteiger partial charge on any atom is 0.231 e. The van der Waals surface area contributed by atoms with Crippen molar-refractivity contribution in [1.82, 2.24) is 15.5 Å². The normalized spacial score (nSPS) is 14.4. The third-order valence-electron chi connectivity index (χ3n) is 3.16. The van der Waals surface area contributed by atoms with Gasteiger partial charge in [-0.3, -0.25) is 0 Å². The molecule has 1 N–H and O–H groups in total. The molecule has 4 nitrogen and oxygen atoms in total. The van der Waals surface area contributed by atoms with Crippen LogP contribution in [0.5, 0.6) is 0 Å². The van der Waals surface area contributed by atoms with Crippen LogP contribution in [0.15, 0.2) is 22.7 Å². The van der Waals surface area contributed by atoms with E-state index in [4.69, 9.17) is 4.52 Å². The molecule has 2 unspecified atom stereocenters. The standard InChI is InChI=1S/C13H15F2N3O/c1-7(8(2)16-3)13-17-12(18-19-13)9-4-10(14)6-11(15)5-9/h4-8,16H,1-3H3. The summed E-state index contributed by atoms with van der Waals surface area (Å²) in [4.78, 5) is 4.18. The molecule has 0 amide bonds. The van der Waals surface area contributed by atoms with E-state index >= 15 is 0 Å². The van der Waals surface area contributed by atoms with E-state index in [0.29, 0.717) is 5.89 Å². The van der Waals surface area contributed by atoms with E-state index in [9.17, 15) is 8.78 Å². The zero-order chi connectivity index (χ0) is 14.0. The Hall–Kier alpha value is -1.82. The van der Waals surface area contributed by atoms with E-state index in [0.717, 1.165) is 6.07 Å². The summed E-state index contributed by atoms with van der Waals surface area (Å²) in [6.07, 6.45) is 0. The summed E-state index contributed by atoms with van der Waals surface area (Å²) in [7, 11) is 1.83. The SMILES string of the molecule is CNC(C)C(C)c1nc(-c2cc(F)cc(F)c2)no1. The van der Waals surface area contributed by atoms with Gasteiger partial charge >= 0.3 is 0 Å². The monoisotopic (exact) mass is 267 g/mol. The van der Waals surface area contributed by atoms with Crippen molar-refractivity contribution in [2.75, 3.05) is 7.05 Å². The molecule has 2 atom stereocenters. The highest BCUT2D eigenvalue weighted by Crippen LogP contribution is 2.23. The first-order valence-corrected chi connectivity index (χ1v) is 5.98. The number of rotatable bonds is 4. The quantitative estimate of drug-likeness (QED) is 0.925. The molecule has 0 fully saturated rings. The second kappa shape index (κ2) is 5.44. The van der Waals surface area contributed by atoms with E-state index in [1.54, 1.807) is 0 Å². The van der Waals surface area contributed by atoms with Crippen molar-refractivity contribution in [3.05, 3.63) is 35.7 Å². The van der Waals surface area contributed by atoms with Gasteiger partial charge in [0.15, 0.2) is 0 Å². The Kier molecular flexibility index (Phi) is 3.90. The van der Waals surface area contributed by atoms with Crippen LogP contribution >= 0.6 is 0 Å². The van der Waals surface area contributed by atoms with Crippen molar-refractivity contribution in [3.8, 4) is 11.4 Å². The van der Waals surface area contributed by atoms with Gasteiger partial charge < -0.3 is 9.84 Å². The van der Waals surface area contributed by atoms with Crippen molar-refractivity contribution in [1.29, 1.82) is 0 Å². The fourth-order valence-electron chi connectivity index (χ4n) is 1.68. The predicted molar refractivity (Wildman–Crippen MR) is 66.6 cm³/mol. The molecule has 0 saturated heterocycles. The summed E-state index contributed by atoms with van der Waals surface area (Å²) >= 11 is 0. The van der Waals surface area contributed by atoms with E-state index in [-0.39, 0.29) is 23.3 Å². The molecule has 0 aliphatic rings. The second-order valence-electron chi connectivity index (χ2n) is 4.48. The average Bonchev–Trinajstić information content (AvgIpc) is 2.85. The Morgan fingerprint density at radius 1 is 1.16 bits per heavy atom. The molecular formula is C13H15F2N3O. The van der Waals surface area contributed by atoms with Crippen LogP contribution in [0.3, 0.4) is 0 Å². The van der Waals surface area contributed by atoms with Crippen molar-refractivity contribution in [2.24, 2.45) is 0 Å². The number of hydrogen-bond donors (Lipinski definition) is 1. The van der Waals surface area contributed by atoms with Gasteiger partial charge in [0.25, 0.3) is 0 Å². The lowest BCUT2D eigenvalue weighted by Crippen LogP contribution is -2.27. The van der Waals surface area contributed by atoms with Crippen LogP contribution in [-0.2, 0) is 0 Å². The van der Waals surface area contributed by atoms with Gasteiger partial charge in [-0.2, -0.15) is 4.98 Å². The zero-order valence-corrected chi connectivity index (χ0v) is 10.9. The van der Waals surface area contributed by atoms with Crippen LogP contribution in [0.4, 0.5) is 8.78 Å². The highest BCUT2D eigenvalue weighted by Gasteiger charge is 2.20. The van der Waals surface area contributed by atoms with Crippen molar-refractivity contribution in [2.45, 2.75) is 25.8 Å². The van der Waals surface area contributed by atoms with Crippen LogP contribution < -0.4 is 5.32 Å². The third-order valence-corrected chi connectivity index (χ3v) is 3.16. The molecule has 0 saturated carbocycles. The number of nitrogens with zero attached hydrogens (tertiary/aromatic N) is 2. The average molecular weight is 267 g/mol. The van der Waals surface area contributed by atoms with Crippen LogP contribution in [0.2, 0.25) is 0 Å². The summed E-state index contributed by atoms with van der Waals surface area (Å²) < 4.78 is 31.4. The predicted octanol–water partition coefficient (Wildman–Crippen LogP) is 2.73. The van der Waals surface area contributed by atoms with E-state index in [1.807, 2.05) is 20.9 Å². The Bertz CT molecular complexity index is 551. The molecule has 1 heterocycles. The maximum atomic E-state index is 13.1.